The highest BCUT2D eigenvalue weighted by molar-refractivity contribution is 8.93. The molecule has 0 amide bonds. The van der Waals surface area contributed by atoms with Gasteiger partial charge in [0.1, 0.15) is 5.82 Å². The summed E-state index contributed by atoms with van der Waals surface area (Å²) in [5.74, 6) is 0.367. The van der Waals surface area contributed by atoms with E-state index in [1.165, 1.54) is 12.1 Å². The second-order valence-corrected chi connectivity index (χ2v) is 3.29. The smallest absolute Gasteiger partial charge is 0.191 e. The van der Waals surface area contributed by atoms with E-state index in [0.717, 1.165) is 18.7 Å². The van der Waals surface area contributed by atoms with Crippen LogP contribution in [0.3, 0.4) is 0 Å². The number of rotatable bonds is 2. The summed E-state index contributed by atoms with van der Waals surface area (Å²) in [6.07, 6.45) is 0. The van der Waals surface area contributed by atoms with Crippen molar-refractivity contribution < 1.29 is 4.39 Å². The van der Waals surface area contributed by atoms with Crippen molar-refractivity contribution in [2.24, 2.45) is 10.7 Å². The first-order chi connectivity index (χ1) is 6.75. The summed E-state index contributed by atoms with van der Waals surface area (Å²) in [4.78, 5) is 6.06. The molecule has 5 heteroatoms. The van der Waals surface area contributed by atoms with Crippen LogP contribution in [0, 0.1) is 5.82 Å². The molecule has 0 saturated heterocycles. The maximum atomic E-state index is 12.6. The standard InChI is InChI=1S/C10H12FN3.BrH/c11-9-3-1-8(2-4-9)7-14-6-5-13-10(14)12;/h1-4H,5-7H2,(H2,12,13);1H. The van der Waals surface area contributed by atoms with Crippen LogP contribution in [0.15, 0.2) is 29.3 Å². The van der Waals surface area contributed by atoms with Gasteiger partial charge < -0.3 is 10.6 Å². The van der Waals surface area contributed by atoms with Crippen LogP contribution >= 0.6 is 17.0 Å². The number of hydrogen-bond donors (Lipinski definition) is 1. The topological polar surface area (TPSA) is 41.6 Å². The molecule has 0 radical (unpaired) electrons. The summed E-state index contributed by atoms with van der Waals surface area (Å²) >= 11 is 0. The maximum Gasteiger partial charge on any atom is 0.191 e. The van der Waals surface area contributed by atoms with Crippen LogP contribution in [-0.2, 0) is 6.54 Å². The highest BCUT2D eigenvalue weighted by Gasteiger charge is 2.13. The number of halogens is 2. The van der Waals surface area contributed by atoms with Crippen molar-refractivity contribution in [1.82, 2.24) is 4.90 Å². The van der Waals surface area contributed by atoms with E-state index in [1.807, 2.05) is 4.90 Å². The first-order valence-electron chi connectivity index (χ1n) is 4.55. The van der Waals surface area contributed by atoms with Gasteiger partial charge in [-0.15, -0.1) is 17.0 Å². The first-order valence-corrected chi connectivity index (χ1v) is 4.55. The summed E-state index contributed by atoms with van der Waals surface area (Å²) in [5, 5.41) is 0. The zero-order valence-electron chi connectivity index (χ0n) is 8.19. The lowest BCUT2D eigenvalue weighted by molar-refractivity contribution is 0.447. The summed E-state index contributed by atoms with van der Waals surface area (Å²) in [6.45, 7) is 2.31. The summed E-state index contributed by atoms with van der Waals surface area (Å²) in [5.41, 5.74) is 6.71. The molecule has 2 N–H and O–H groups in total. The minimum atomic E-state index is -0.211. The molecule has 1 aromatic carbocycles. The molecular formula is C10H13BrFN3. The molecule has 0 aromatic heterocycles. The van der Waals surface area contributed by atoms with Crippen molar-refractivity contribution in [2.75, 3.05) is 13.1 Å². The van der Waals surface area contributed by atoms with E-state index in [4.69, 9.17) is 5.73 Å². The van der Waals surface area contributed by atoms with Gasteiger partial charge in [0.05, 0.1) is 6.54 Å². The van der Waals surface area contributed by atoms with Gasteiger partial charge in [-0.25, -0.2) is 4.39 Å². The van der Waals surface area contributed by atoms with Crippen LogP contribution in [0.2, 0.25) is 0 Å². The zero-order chi connectivity index (χ0) is 9.97. The molecular weight excluding hydrogens is 261 g/mol. The number of benzene rings is 1. The average molecular weight is 274 g/mol. The van der Waals surface area contributed by atoms with Crippen LogP contribution in [0.5, 0.6) is 0 Å². The van der Waals surface area contributed by atoms with Crippen molar-refractivity contribution in [3.63, 3.8) is 0 Å². The Morgan fingerprint density at radius 2 is 2.00 bits per heavy atom. The van der Waals surface area contributed by atoms with Crippen molar-refractivity contribution in [2.45, 2.75) is 6.54 Å². The van der Waals surface area contributed by atoms with E-state index in [-0.39, 0.29) is 22.8 Å². The minimum Gasteiger partial charge on any atom is -0.370 e. The van der Waals surface area contributed by atoms with Gasteiger partial charge in [0.15, 0.2) is 5.96 Å². The Hall–Kier alpha value is -1.10. The monoisotopic (exact) mass is 273 g/mol. The molecule has 1 aliphatic heterocycles. The van der Waals surface area contributed by atoms with Gasteiger partial charge in [0, 0.05) is 13.1 Å². The predicted molar refractivity (Wildman–Crippen MR) is 63.6 cm³/mol. The number of guanidine groups is 1. The molecule has 1 aromatic rings. The van der Waals surface area contributed by atoms with Crippen molar-refractivity contribution >= 4 is 22.9 Å². The molecule has 2 rings (SSSR count). The van der Waals surface area contributed by atoms with Gasteiger partial charge >= 0.3 is 0 Å². The van der Waals surface area contributed by atoms with Gasteiger partial charge in [-0.05, 0) is 17.7 Å². The fourth-order valence-electron chi connectivity index (χ4n) is 1.47. The van der Waals surface area contributed by atoms with Gasteiger partial charge in [-0.3, -0.25) is 4.99 Å². The molecule has 1 heterocycles. The largest absolute Gasteiger partial charge is 0.370 e. The van der Waals surface area contributed by atoms with E-state index in [0.29, 0.717) is 12.5 Å². The highest BCUT2D eigenvalue weighted by atomic mass is 79.9. The molecule has 0 saturated carbocycles. The number of hydrogen-bond acceptors (Lipinski definition) is 3. The first kappa shape index (κ1) is 12.0. The molecule has 0 atom stereocenters. The van der Waals surface area contributed by atoms with Gasteiger partial charge in [-0.2, -0.15) is 0 Å². The van der Waals surface area contributed by atoms with E-state index in [1.54, 1.807) is 12.1 Å². The molecule has 3 nitrogen and oxygen atoms in total. The molecule has 1 aliphatic rings. The molecule has 0 fully saturated rings. The lowest BCUT2D eigenvalue weighted by atomic mass is 10.2. The molecule has 0 spiro atoms. The molecule has 15 heavy (non-hydrogen) atoms. The maximum absolute atomic E-state index is 12.6. The normalized spacial score (nSPS) is 14.7. The third-order valence-corrected chi connectivity index (χ3v) is 2.25. The number of aliphatic imine (C=N–C) groups is 1. The molecule has 0 aliphatic carbocycles. The quantitative estimate of drug-likeness (QED) is 0.888. The average Bonchev–Trinajstić information content (AvgIpc) is 2.56. The second kappa shape index (κ2) is 5.11. The summed E-state index contributed by atoms with van der Waals surface area (Å²) < 4.78 is 12.6. The van der Waals surface area contributed by atoms with E-state index >= 15 is 0 Å². The predicted octanol–water partition coefficient (Wildman–Crippen LogP) is 1.53. The fraction of sp³-hybridized carbons (Fsp3) is 0.300. The van der Waals surface area contributed by atoms with E-state index in [2.05, 4.69) is 4.99 Å². The van der Waals surface area contributed by atoms with Crippen LogP contribution in [0.1, 0.15) is 5.56 Å². The lowest BCUT2D eigenvalue weighted by Gasteiger charge is -2.17. The van der Waals surface area contributed by atoms with Crippen molar-refractivity contribution in [3.8, 4) is 0 Å². The second-order valence-electron chi connectivity index (χ2n) is 3.29. The van der Waals surface area contributed by atoms with Crippen molar-refractivity contribution in [3.05, 3.63) is 35.6 Å². The molecule has 82 valence electrons. The van der Waals surface area contributed by atoms with Gasteiger partial charge in [0.25, 0.3) is 0 Å². The molecule has 0 bridgehead atoms. The lowest BCUT2D eigenvalue weighted by Crippen LogP contribution is -2.33. The van der Waals surface area contributed by atoms with Crippen LogP contribution < -0.4 is 5.73 Å². The Kier molecular flexibility index (Phi) is 4.08. The minimum absolute atomic E-state index is 0. The Bertz CT molecular complexity index is 350. The van der Waals surface area contributed by atoms with Crippen LogP contribution in [0.4, 0.5) is 4.39 Å². The van der Waals surface area contributed by atoms with E-state index in [9.17, 15) is 4.39 Å². The Balaban J connectivity index is 0.00000112. The summed E-state index contributed by atoms with van der Waals surface area (Å²) in [6, 6.07) is 6.44. The van der Waals surface area contributed by atoms with E-state index < -0.39 is 0 Å². The van der Waals surface area contributed by atoms with Gasteiger partial charge in [0.2, 0.25) is 0 Å². The highest BCUT2D eigenvalue weighted by Crippen LogP contribution is 2.08. The Morgan fingerprint density at radius 3 is 2.53 bits per heavy atom. The Labute approximate surface area is 98.6 Å². The fourth-order valence-corrected chi connectivity index (χ4v) is 1.47. The number of nitrogens with two attached hydrogens (primary N) is 1. The molecule has 0 unspecified atom stereocenters. The summed E-state index contributed by atoms with van der Waals surface area (Å²) in [7, 11) is 0. The SMILES string of the molecule is Br.NC1=NCCN1Cc1ccc(F)cc1. The Morgan fingerprint density at radius 1 is 1.33 bits per heavy atom. The number of nitrogens with zero attached hydrogens (tertiary/aromatic N) is 2. The van der Waals surface area contributed by atoms with Crippen LogP contribution in [-0.4, -0.2) is 23.9 Å². The van der Waals surface area contributed by atoms with Crippen molar-refractivity contribution in [1.29, 1.82) is 0 Å². The third-order valence-electron chi connectivity index (χ3n) is 2.25. The zero-order valence-corrected chi connectivity index (χ0v) is 9.90. The van der Waals surface area contributed by atoms with Gasteiger partial charge in [-0.1, -0.05) is 12.1 Å². The third kappa shape index (κ3) is 2.92. The van der Waals surface area contributed by atoms with Crippen LogP contribution in [0.25, 0.3) is 0 Å².